The van der Waals surface area contributed by atoms with Crippen LogP contribution in [0.5, 0.6) is 0 Å². The van der Waals surface area contributed by atoms with Crippen molar-refractivity contribution < 1.29 is 0 Å². The standard InChI is InChI=1S/C11H20N4/c1-8(2)11-13-10(14-15(11)3)9-4-6-12-7-5-9/h8-9,12H,4-7H2,1-3H3. The Balaban J connectivity index is 2.17. The fourth-order valence-electron chi connectivity index (χ4n) is 2.17. The van der Waals surface area contributed by atoms with Crippen LogP contribution in [-0.2, 0) is 7.05 Å². The molecule has 0 unspecified atom stereocenters. The molecule has 4 nitrogen and oxygen atoms in total. The average molecular weight is 208 g/mol. The van der Waals surface area contributed by atoms with Crippen molar-refractivity contribution in [1.82, 2.24) is 20.1 Å². The highest BCUT2D eigenvalue weighted by atomic mass is 15.3. The van der Waals surface area contributed by atoms with Crippen LogP contribution in [0.2, 0.25) is 0 Å². The molecule has 1 aliphatic heterocycles. The minimum atomic E-state index is 0.456. The molecule has 1 N–H and O–H groups in total. The molecule has 2 heterocycles. The summed E-state index contributed by atoms with van der Waals surface area (Å²) in [6.45, 7) is 6.52. The lowest BCUT2D eigenvalue weighted by molar-refractivity contribution is 0.443. The summed E-state index contributed by atoms with van der Waals surface area (Å²) < 4.78 is 1.93. The van der Waals surface area contributed by atoms with Gasteiger partial charge in [0.15, 0.2) is 5.82 Å². The van der Waals surface area contributed by atoms with Crippen molar-refractivity contribution in [3.63, 3.8) is 0 Å². The molecule has 0 atom stereocenters. The van der Waals surface area contributed by atoms with Crippen molar-refractivity contribution in [3.05, 3.63) is 11.6 Å². The van der Waals surface area contributed by atoms with Gasteiger partial charge in [-0.1, -0.05) is 13.8 Å². The fraction of sp³-hybridized carbons (Fsp3) is 0.818. The molecule has 1 aromatic rings. The average Bonchev–Trinajstić information content (AvgIpc) is 2.62. The molecule has 1 aromatic heterocycles. The van der Waals surface area contributed by atoms with E-state index in [1.807, 2.05) is 11.7 Å². The first-order valence-corrected chi connectivity index (χ1v) is 5.80. The highest BCUT2D eigenvalue weighted by Gasteiger charge is 2.21. The molecule has 0 aliphatic carbocycles. The van der Waals surface area contributed by atoms with Gasteiger partial charge in [0.2, 0.25) is 0 Å². The maximum Gasteiger partial charge on any atom is 0.154 e. The van der Waals surface area contributed by atoms with E-state index in [0.717, 1.165) is 24.7 Å². The topological polar surface area (TPSA) is 42.7 Å². The van der Waals surface area contributed by atoms with Crippen molar-refractivity contribution >= 4 is 0 Å². The molecule has 0 saturated carbocycles. The normalized spacial score (nSPS) is 18.7. The Hall–Kier alpha value is -0.900. The molecule has 0 amide bonds. The molecule has 1 aliphatic rings. The van der Waals surface area contributed by atoms with Gasteiger partial charge in [0.25, 0.3) is 0 Å². The second-order valence-corrected chi connectivity index (χ2v) is 4.63. The van der Waals surface area contributed by atoms with Gasteiger partial charge < -0.3 is 5.32 Å². The van der Waals surface area contributed by atoms with Gasteiger partial charge in [0.05, 0.1) is 0 Å². The third-order valence-electron chi connectivity index (χ3n) is 3.03. The van der Waals surface area contributed by atoms with Crippen molar-refractivity contribution in [2.75, 3.05) is 13.1 Å². The van der Waals surface area contributed by atoms with Gasteiger partial charge in [-0.05, 0) is 25.9 Å². The van der Waals surface area contributed by atoms with E-state index in [4.69, 9.17) is 0 Å². The number of aromatic nitrogens is 3. The van der Waals surface area contributed by atoms with Crippen LogP contribution in [0.4, 0.5) is 0 Å². The lowest BCUT2D eigenvalue weighted by Crippen LogP contribution is -2.27. The molecule has 84 valence electrons. The molecule has 0 spiro atoms. The minimum absolute atomic E-state index is 0.456. The van der Waals surface area contributed by atoms with E-state index in [9.17, 15) is 0 Å². The Bertz CT molecular complexity index is 323. The van der Waals surface area contributed by atoms with E-state index >= 15 is 0 Å². The summed E-state index contributed by atoms with van der Waals surface area (Å²) in [6, 6.07) is 0. The molecule has 0 radical (unpaired) electrons. The molecular formula is C11H20N4. The predicted molar refractivity (Wildman–Crippen MR) is 59.9 cm³/mol. The minimum Gasteiger partial charge on any atom is -0.317 e. The molecule has 2 rings (SSSR count). The molecule has 4 heteroatoms. The van der Waals surface area contributed by atoms with Crippen LogP contribution in [0.1, 0.15) is 50.2 Å². The zero-order valence-electron chi connectivity index (χ0n) is 9.82. The monoisotopic (exact) mass is 208 g/mol. The van der Waals surface area contributed by atoms with Crippen LogP contribution in [-0.4, -0.2) is 27.9 Å². The first-order chi connectivity index (χ1) is 7.18. The van der Waals surface area contributed by atoms with E-state index in [2.05, 4.69) is 29.2 Å². The number of aryl methyl sites for hydroxylation is 1. The van der Waals surface area contributed by atoms with Gasteiger partial charge in [-0.2, -0.15) is 5.10 Å². The first-order valence-electron chi connectivity index (χ1n) is 5.80. The summed E-state index contributed by atoms with van der Waals surface area (Å²) in [6.07, 6.45) is 2.34. The van der Waals surface area contributed by atoms with E-state index in [0.29, 0.717) is 11.8 Å². The third kappa shape index (κ3) is 2.20. The largest absolute Gasteiger partial charge is 0.317 e. The SMILES string of the molecule is CC(C)c1nc(C2CCNCC2)nn1C. The van der Waals surface area contributed by atoms with Crippen molar-refractivity contribution in [2.24, 2.45) is 7.05 Å². The van der Waals surface area contributed by atoms with Gasteiger partial charge in [-0.25, -0.2) is 4.98 Å². The van der Waals surface area contributed by atoms with Gasteiger partial charge in [0.1, 0.15) is 5.82 Å². The lowest BCUT2D eigenvalue weighted by atomic mass is 9.98. The number of hydrogen-bond acceptors (Lipinski definition) is 3. The van der Waals surface area contributed by atoms with Gasteiger partial charge in [-0.15, -0.1) is 0 Å². The second-order valence-electron chi connectivity index (χ2n) is 4.63. The van der Waals surface area contributed by atoms with Crippen LogP contribution in [0.25, 0.3) is 0 Å². The summed E-state index contributed by atoms with van der Waals surface area (Å²) in [4.78, 5) is 4.66. The maximum absolute atomic E-state index is 4.66. The van der Waals surface area contributed by atoms with Crippen LogP contribution in [0.3, 0.4) is 0 Å². The first kappa shape index (κ1) is 10.6. The summed E-state index contributed by atoms with van der Waals surface area (Å²) in [7, 11) is 1.99. The number of nitrogens with zero attached hydrogens (tertiary/aromatic N) is 3. The van der Waals surface area contributed by atoms with E-state index in [-0.39, 0.29) is 0 Å². The van der Waals surface area contributed by atoms with Gasteiger partial charge >= 0.3 is 0 Å². The fourth-order valence-corrected chi connectivity index (χ4v) is 2.17. The molecule has 1 fully saturated rings. The second kappa shape index (κ2) is 4.31. The molecule has 15 heavy (non-hydrogen) atoms. The van der Waals surface area contributed by atoms with E-state index < -0.39 is 0 Å². The maximum atomic E-state index is 4.66. The predicted octanol–water partition coefficient (Wildman–Crippen LogP) is 1.41. The number of hydrogen-bond donors (Lipinski definition) is 1. The van der Waals surface area contributed by atoms with E-state index in [1.165, 1.54) is 12.8 Å². The van der Waals surface area contributed by atoms with E-state index in [1.54, 1.807) is 0 Å². The Labute approximate surface area is 91.1 Å². The highest BCUT2D eigenvalue weighted by Crippen LogP contribution is 2.23. The summed E-state index contributed by atoms with van der Waals surface area (Å²) in [5.74, 6) is 3.16. The van der Waals surface area contributed by atoms with Crippen LogP contribution >= 0.6 is 0 Å². The zero-order chi connectivity index (χ0) is 10.8. The van der Waals surface area contributed by atoms with Gasteiger partial charge in [-0.3, -0.25) is 4.68 Å². The Morgan fingerprint density at radius 1 is 1.33 bits per heavy atom. The summed E-state index contributed by atoms with van der Waals surface area (Å²) >= 11 is 0. The number of nitrogens with one attached hydrogen (secondary N) is 1. The highest BCUT2D eigenvalue weighted by molar-refractivity contribution is 5.03. The lowest BCUT2D eigenvalue weighted by Gasteiger charge is -2.19. The molecular weight excluding hydrogens is 188 g/mol. The zero-order valence-corrected chi connectivity index (χ0v) is 9.82. The molecule has 0 aromatic carbocycles. The van der Waals surface area contributed by atoms with Crippen molar-refractivity contribution in [2.45, 2.75) is 38.5 Å². The van der Waals surface area contributed by atoms with Crippen molar-refractivity contribution in [3.8, 4) is 0 Å². The van der Waals surface area contributed by atoms with Gasteiger partial charge in [0, 0.05) is 18.9 Å². The van der Waals surface area contributed by atoms with Crippen LogP contribution < -0.4 is 5.32 Å². The van der Waals surface area contributed by atoms with Crippen LogP contribution in [0.15, 0.2) is 0 Å². The summed E-state index contributed by atoms with van der Waals surface area (Å²) in [5.41, 5.74) is 0. The number of piperidine rings is 1. The quantitative estimate of drug-likeness (QED) is 0.799. The Kier molecular flexibility index (Phi) is 3.05. The number of rotatable bonds is 2. The third-order valence-corrected chi connectivity index (χ3v) is 3.03. The summed E-state index contributed by atoms with van der Waals surface area (Å²) in [5, 5.41) is 7.90. The van der Waals surface area contributed by atoms with Crippen LogP contribution in [0, 0.1) is 0 Å². The smallest absolute Gasteiger partial charge is 0.154 e. The Morgan fingerprint density at radius 3 is 2.53 bits per heavy atom. The molecule has 1 saturated heterocycles. The molecule has 0 bridgehead atoms. The Morgan fingerprint density at radius 2 is 2.00 bits per heavy atom. The van der Waals surface area contributed by atoms with Crippen molar-refractivity contribution in [1.29, 1.82) is 0 Å².